The number of carbonyl (C=O) groups is 1. The van der Waals surface area contributed by atoms with Gasteiger partial charge < -0.3 is 15.5 Å². The number of hydrogen-bond donors (Lipinski definition) is 2. The van der Waals surface area contributed by atoms with Crippen LogP contribution in [0, 0.1) is 0 Å². The number of carbonyl (C=O) groups excluding carboxylic acids is 1. The fraction of sp³-hybridized carbons (Fsp3) is 0.929. The lowest BCUT2D eigenvalue weighted by molar-refractivity contribution is -0.121. The fourth-order valence-corrected chi connectivity index (χ4v) is 2.39. The van der Waals surface area contributed by atoms with E-state index in [-0.39, 0.29) is 5.91 Å². The predicted octanol–water partition coefficient (Wildman–Crippen LogP) is 1.37. The van der Waals surface area contributed by atoms with Crippen LogP contribution in [0.3, 0.4) is 0 Å². The average molecular weight is 255 g/mol. The predicted molar refractivity (Wildman–Crippen MR) is 75.7 cm³/mol. The molecule has 4 nitrogen and oxygen atoms in total. The number of nitrogens with one attached hydrogen (secondary N) is 2. The molecule has 0 aliphatic heterocycles. The van der Waals surface area contributed by atoms with Crippen molar-refractivity contribution in [3.63, 3.8) is 0 Å². The first-order chi connectivity index (χ1) is 8.68. The highest BCUT2D eigenvalue weighted by Gasteiger charge is 2.14. The highest BCUT2D eigenvalue weighted by molar-refractivity contribution is 5.76. The maximum Gasteiger partial charge on any atom is 0.221 e. The molecule has 0 atom stereocenters. The summed E-state index contributed by atoms with van der Waals surface area (Å²) in [6.07, 6.45) is 7.96. The molecule has 0 aromatic carbocycles. The molecular weight excluding hydrogens is 226 g/mol. The van der Waals surface area contributed by atoms with Gasteiger partial charge in [0.25, 0.3) is 0 Å². The lowest BCUT2D eigenvalue weighted by Crippen LogP contribution is -2.37. The zero-order valence-electron chi connectivity index (χ0n) is 12.0. The van der Waals surface area contributed by atoms with Gasteiger partial charge in [-0.05, 0) is 46.4 Å². The first-order valence-electron chi connectivity index (χ1n) is 7.33. The lowest BCUT2D eigenvalue weighted by Gasteiger charge is -2.22. The summed E-state index contributed by atoms with van der Waals surface area (Å²) in [7, 11) is 4.16. The molecule has 1 aliphatic carbocycles. The largest absolute Gasteiger partial charge is 0.353 e. The van der Waals surface area contributed by atoms with Crippen LogP contribution in [-0.2, 0) is 4.79 Å². The van der Waals surface area contributed by atoms with E-state index in [0.717, 1.165) is 26.1 Å². The highest BCUT2D eigenvalue weighted by Crippen LogP contribution is 2.17. The molecule has 0 saturated heterocycles. The summed E-state index contributed by atoms with van der Waals surface area (Å²) in [6, 6.07) is 0.444. The third-order valence-corrected chi connectivity index (χ3v) is 3.46. The molecule has 18 heavy (non-hydrogen) atoms. The van der Waals surface area contributed by atoms with Gasteiger partial charge >= 0.3 is 0 Å². The second-order valence-electron chi connectivity index (χ2n) is 5.56. The van der Waals surface area contributed by atoms with Crippen molar-refractivity contribution in [2.75, 3.05) is 33.7 Å². The first-order valence-corrected chi connectivity index (χ1v) is 7.33. The monoisotopic (exact) mass is 255 g/mol. The molecule has 106 valence electrons. The van der Waals surface area contributed by atoms with Gasteiger partial charge in [-0.15, -0.1) is 0 Å². The smallest absolute Gasteiger partial charge is 0.221 e. The van der Waals surface area contributed by atoms with E-state index in [9.17, 15) is 4.79 Å². The normalized spacial score (nSPS) is 17.1. The quantitative estimate of drug-likeness (QED) is 0.644. The van der Waals surface area contributed by atoms with Gasteiger partial charge in [-0.2, -0.15) is 0 Å². The van der Waals surface area contributed by atoms with Crippen LogP contribution in [0.25, 0.3) is 0 Å². The minimum absolute atomic E-state index is 0.210. The summed E-state index contributed by atoms with van der Waals surface area (Å²) < 4.78 is 0. The van der Waals surface area contributed by atoms with Crippen LogP contribution in [0.15, 0.2) is 0 Å². The van der Waals surface area contributed by atoms with Crippen molar-refractivity contribution < 1.29 is 4.79 Å². The van der Waals surface area contributed by atoms with Crippen molar-refractivity contribution in [3.05, 3.63) is 0 Å². The molecule has 0 unspecified atom stereocenters. The van der Waals surface area contributed by atoms with E-state index >= 15 is 0 Å². The zero-order chi connectivity index (χ0) is 13.2. The van der Waals surface area contributed by atoms with Crippen LogP contribution < -0.4 is 10.6 Å². The molecule has 0 aromatic rings. The molecule has 1 aliphatic rings. The fourth-order valence-electron chi connectivity index (χ4n) is 2.39. The molecule has 0 heterocycles. The van der Waals surface area contributed by atoms with E-state index in [1.54, 1.807) is 0 Å². The summed E-state index contributed by atoms with van der Waals surface area (Å²) >= 11 is 0. The minimum atomic E-state index is 0.210. The SMILES string of the molecule is CN(C)CCCNCCC(=O)NC1CCCCC1. The molecule has 2 N–H and O–H groups in total. The molecule has 0 spiro atoms. The van der Waals surface area contributed by atoms with Gasteiger partial charge in [0.05, 0.1) is 0 Å². The summed E-state index contributed by atoms with van der Waals surface area (Å²) in [5.74, 6) is 0.210. The summed E-state index contributed by atoms with van der Waals surface area (Å²) in [6.45, 7) is 2.89. The van der Waals surface area contributed by atoms with Gasteiger partial charge in [0.1, 0.15) is 0 Å². The van der Waals surface area contributed by atoms with E-state index in [2.05, 4.69) is 29.6 Å². The Morgan fingerprint density at radius 1 is 1.17 bits per heavy atom. The zero-order valence-corrected chi connectivity index (χ0v) is 12.0. The molecule has 0 aromatic heterocycles. The molecule has 0 bridgehead atoms. The van der Waals surface area contributed by atoms with Crippen molar-refractivity contribution in [2.24, 2.45) is 0 Å². The Bertz CT molecular complexity index is 225. The van der Waals surface area contributed by atoms with Crippen LogP contribution in [0.1, 0.15) is 44.9 Å². The van der Waals surface area contributed by atoms with Gasteiger partial charge in [-0.25, -0.2) is 0 Å². The Hall–Kier alpha value is -0.610. The maximum atomic E-state index is 11.7. The van der Waals surface area contributed by atoms with Crippen molar-refractivity contribution in [2.45, 2.75) is 51.0 Å². The number of rotatable bonds is 8. The van der Waals surface area contributed by atoms with Crippen LogP contribution in [0.2, 0.25) is 0 Å². The minimum Gasteiger partial charge on any atom is -0.353 e. The Morgan fingerprint density at radius 3 is 2.56 bits per heavy atom. The summed E-state index contributed by atoms with van der Waals surface area (Å²) in [5.41, 5.74) is 0. The highest BCUT2D eigenvalue weighted by atomic mass is 16.1. The molecule has 4 heteroatoms. The van der Waals surface area contributed by atoms with Crippen LogP contribution >= 0.6 is 0 Å². The van der Waals surface area contributed by atoms with Gasteiger partial charge in [0.2, 0.25) is 5.91 Å². The van der Waals surface area contributed by atoms with Crippen LogP contribution in [-0.4, -0.2) is 50.6 Å². The van der Waals surface area contributed by atoms with Gasteiger partial charge in [0.15, 0.2) is 0 Å². The molecule has 1 rings (SSSR count). The van der Waals surface area contributed by atoms with Gasteiger partial charge in [0, 0.05) is 19.0 Å². The second-order valence-corrected chi connectivity index (χ2v) is 5.56. The molecule has 0 radical (unpaired) electrons. The Morgan fingerprint density at radius 2 is 1.89 bits per heavy atom. The topological polar surface area (TPSA) is 44.4 Å². The lowest BCUT2D eigenvalue weighted by atomic mass is 9.95. The second kappa shape index (κ2) is 9.34. The first kappa shape index (κ1) is 15.4. The van der Waals surface area contributed by atoms with E-state index in [0.29, 0.717) is 12.5 Å². The molecule has 1 saturated carbocycles. The Balaban J connectivity index is 1.93. The van der Waals surface area contributed by atoms with E-state index in [1.165, 1.54) is 32.1 Å². The Labute approximate surface area is 111 Å². The van der Waals surface area contributed by atoms with Crippen molar-refractivity contribution in [1.29, 1.82) is 0 Å². The summed E-state index contributed by atoms with van der Waals surface area (Å²) in [5, 5.41) is 6.46. The van der Waals surface area contributed by atoms with E-state index in [1.807, 2.05) is 0 Å². The van der Waals surface area contributed by atoms with E-state index in [4.69, 9.17) is 0 Å². The molecular formula is C14H29N3O. The third-order valence-electron chi connectivity index (χ3n) is 3.46. The maximum absolute atomic E-state index is 11.7. The molecule has 1 fully saturated rings. The third kappa shape index (κ3) is 7.67. The van der Waals surface area contributed by atoms with Crippen LogP contribution in [0.5, 0.6) is 0 Å². The van der Waals surface area contributed by atoms with Crippen LogP contribution in [0.4, 0.5) is 0 Å². The van der Waals surface area contributed by atoms with Crippen molar-refractivity contribution >= 4 is 5.91 Å². The number of hydrogen-bond acceptors (Lipinski definition) is 3. The summed E-state index contributed by atoms with van der Waals surface area (Å²) in [4.78, 5) is 13.9. The standard InChI is InChI=1S/C14H29N3O/c1-17(2)12-6-10-15-11-9-14(18)16-13-7-4-3-5-8-13/h13,15H,3-12H2,1-2H3,(H,16,18). The number of amides is 1. The Kier molecular flexibility index (Phi) is 8.01. The van der Waals surface area contributed by atoms with Crippen molar-refractivity contribution in [3.8, 4) is 0 Å². The van der Waals surface area contributed by atoms with Gasteiger partial charge in [-0.3, -0.25) is 4.79 Å². The average Bonchev–Trinajstić information content (AvgIpc) is 2.34. The van der Waals surface area contributed by atoms with Crippen molar-refractivity contribution in [1.82, 2.24) is 15.5 Å². The number of nitrogens with zero attached hydrogens (tertiary/aromatic N) is 1. The molecule has 1 amide bonds. The van der Waals surface area contributed by atoms with Gasteiger partial charge in [-0.1, -0.05) is 19.3 Å². The van der Waals surface area contributed by atoms with E-state index < -0.39 is 0 Å².